The Kier molecular flexibility index (Phi) is 7.50. The molecule has 0 unspecified atom stereocenters. The van der Waals surface area contributed by atoms with E-state index >= 15 is 0 Å². The van der Waals surface area contributed by atoms with Crippen LogP contribution in [0.5, 0.6) is 11.5 Å². The maximum atomic E-state index is 11.0. The van der Waals surface area contributed by atoms with Crippen molar-refractivity contribution in [2.24, 2.45) is 0 Å². The second-order valence-electron chi connectivity index (χ2n) is 5.39. The lowest BCUT2D eigenvalue weighted by Crippen LogP contribution is -1.96. The molecule has 0 aliphatic carbocycles. The van der Waals surface area contributed by atoms with E-state index in [-0.39, 0.29) is 24.5 Å². The summed E-state index contributed by atoms with van der Waals surface area (Å²) in [5.41, 5.74) is 3.51. The average molecular weight is 290 g/mol. The van der Waals surface area contributed by atoms with Crippen LogP contribution in [-0.2, 0) is 12.8 Å². The van der Waals surface area contributed by atoms with Gasteiger partial charge in [-0.05, 0) is 52.2 Å². The Morgan fingerprint density at radius 1 is 1.00 bits per heavy atom. The zero-order valence-corrected chi connectivity index (χ0v) is 12.5. The molecule has 0 bridgehead atoms. The van der Waals surface area contributed by atoms with Gasteiger partial charge in [0.25, 0.3) is 0 Å². The van der Waals surface area contributed by atoms with Crippen molar-refractivity contribution in [3.63, 3.8) is 0 Å². The van der Waals surface area contributed by atoms with Gasteiger partial charge < -0.3 is 10.2 Å². The molecule has 0 saturated carbocycles. The van der Waals surface area contributed by atoms with Gasteiger partial charge >= 0.3 is 0 Å². The highest BCUT2D eigenvalue weighted by atomic mass is 16.3. The summed E-state index contributed by atoms with van der Waals surface area (Å²) in [5.74, 6) is -0.0564. The molecule has 0 aliphatic rings. The Balaban J connectivity index is 0.00000400. The highest BCUT2D eigenvalue weighted by Gasteiger charge is 2.15. The fourth-order valence-corrected chi connectivity index (χ4v) is 1.86. The molecule has 0 aromatic heterocycles. The third-order valence-electron chi connectivity index (χ3n) is 3.05. The molecule has 0 spiro atoms. The Hall–Kier alpha value is -2.03. The van der Waals surface area contributed by atoms with Crippen LogP contribution in [0.4, 0.5) is 0 Å². The molecule has 3 heteroatoms. The Morgan fingerprint density at radius 3 is 2.00 bits per heavy atom. The fourth-order valence-electron chi connectivity index (χ4n) is 1.86. The highest BCUT2D eigenvalue weighted by Crippen LogP contribution is 2.35. The van der Waals surface area contributed by atoms with E-state index in [0.717, 1.165) is 11.1 Å². The third kappa shape index (κ3) is 5.10. The number of rotatable bonds is 5. The van der Waals surface area contributed by atoms with Crippen LogP contribution >= 0.6 is 0 Å². The first-order valence-electron chi connectivity index (χ1n) is 6.65. The molecule has 0 saturated heterocycles. The second-order valence-corrected chi connectivity index (χ2v) is 5.39. The van der Waals surface area contributed by atoms with E-state index < -0.39 is 0 Å². The standard InChI is InChI=1S/C17H22O3.CH4/c1-11(2)5-7-13-9-14(10-18)17(20)15(16(13)19)8-6-12(3)4;/h5-6,9-10,19-20H,7-8H2,1-4H3;1H4. The van der Waals surface area contributed by atoms with Gasteiger partial charge in [-0.25, -0.2) is 0 Å². The number of phenolic OH excluding ortho intramolecular Hbond substituents is 2. The van der Waals surface area contributed by atoms with Crippen LogP contribution in [0.25, 0.3) is 0 Å². The minimum absolute atomic E-state index is 0. The van der Waals surface area contributed by atoms with Gasteiger partial charge in [0.2, 0.25) is 0 Å². The van der Waals surface area contributed by atoms with Crippen molar-refractivity contribution in [3.8, 4) is 11.5 Å². The molecule has 116 valence electrons. The second kappa shape index (κ2) is 8.30. The lowest BCUT2D eigenvalue weighted by atomic mass is 9.97. The van der Waals surface area contributed by atoms with Gasteiger partial charge in [-0.3, -0.25) is 4.79 Å². The van der Waals surface area contributed by atoms with E-state index in [1.807, 2.05) is 39.8 Å². The third-order valence-corrected chi connectivity index (χ3v) is 3.05. The summed E-state index contributed by atoms with van der Waals surface area (Å²) in [4.78, 5) is 11.0. The van der Waals surface area contributed by atoms with Crippen LogP contribution in [0, 0.1) is 0 Å². The van der Waals surface area contributed by atoms with Crippen LogP contribution in [0.2, 0.25) is 0 Å². The van der Waals surface area contributed by atoms with E-state index in [1.165, 1.54) is 0 Å². The molecular formula is C18H26O3. The SMILES string of the molecule is C.CC(C)=CCc1cc(C=O)c(O)c(CC=C(C)C)c1O. The average Bonchev–Trinajstić information content (AvgIpc) is 2.37. The van der Waals surface area contributed by atoms with E-state index in [0.29, 0.717) is 30.3 Å². The number of benzene rings is 1. The zero-order valence-electron chi connectivity index (χ0n) is 12.5. The molecule has 21 heavy (non-hydrogen) atoms. The quantitative estimate of drug-likeness (QED) is 0.617. The highest BCUT2D eigenvalue weighted by molar-refractivity contribution is 5.82. The number of aldehydes is 1. The van der Waals surface area contributed by atoms with Gasteiger partial charge in [-0.15, -0.1) is 0 Å². The van der Waals surface area contributed by atoms with Crippen molar-refractivity contribution in [2.75, 3.05) is 0 Å². The Morgan fingerprint density at radius 2 is 1.52 bits per heavy atom. The lowest BCUT2D eigenvalue weighted by molar-refractivity contribution is 0.112. The van der Waals surface area contributed by atoms with E-state index in [1.54, 1.807) is 6.07 Å². The van der Waals surface area contributed by atoms with Crippen molar-refractivity contribution in [1.29, 1.82) is 0 Å². The number of allylic oxidation sites excluding steroid dienone is 4. The van der Waals surface area contributed by atoms with Crippen LogP contribution in [0.1, 0.15) is 56.6 Å². The largest absolute Gasteiger partial charge is 0.507 e. The smallest absolute Gasteiger partial charge is 0.153 e. The minimum Gasteiger partial charge on any atom is -0.507 e. The summed E-state index contributed by atoms with van der Waals surface area (Å²) in [6, 6.07) is 1.54. The first kappa shape index (κ1) is 19.0. The van der Waals surface area contributed by atoms with Crippen molar-refractivity contribution < 1.29 is 15.0 Å². The first-order valence-corrected chi connectivity index (χ1v) is 6.65. The molecule has 0 fully saturated rings. The number of phenols is 2. The maximum absolute atomic E-state index is 11.0. The number of carbonyl (C=O) groups excluding carboxylic acids is 1. The predicted octanol–water partition coefficient (Wildman–Crippen LogP) is 4.56. The monoisotopic (exact) mass is 290 g/mol. The zero-order chi connectivity index (χ0) is 15.3. The number of hydrogen-bond donors (Lipinski definition) is 2. The van der Waals surface area contributed by atoms with Crippen LogP contribution < -0.4 is 0 Å². The molecule has 0 radical (unpaired) electrons. The van der Waals surface area contributed by atoms with Crippen molar-refractivity contribution >= 4 is 6.29 Å². The van der Waals surface area contributed by atoms with E-state index in [9.17, 15) is 15.0 Å². The summed E-state index contributed by atoms with van der Waals surface area (Å²) < 4.78 is 0. The number of carbonyl (C=O) groups is 1. The lowest BCUT2D eigenvalue weighted by Gasteiger charge is -2.12. The summed E-state index contributed by atoms with van der Waals surface area (Å²) in [6.45, 7) is 7.84. The molecule has 0 heterocycles. The summed E-state index contributed by atoms with van der Waals surface area (Å²) in [6.07, 6.45) is 5.45. The molecule has 3 nitrogen and oxygen atoms in total. The van der Waals surface area contributed by atoms with Crippen molar-refractivity contribution in [2.45, 2.75) is 48.0 Å². The van der Waals surface area contributed by atoms with Gasteiger partial charge in [-0.2, -0.15) is 0 Å². The summed E-state index contributed by atoms with van der Waals surface area (Å²) >= 11 is 0. The van der Waals surface area contributed by atoms with E-state index in [2.05, 4.69) is 0 Å². The Labute approximate surface area is 127 Å². The van der Waals surface area contributed by atoms with Gasteiger partial charge in [0, 0.05) is 5.56 Å². The molecular weight excluding hydrogens is 264 g/mol. The van der Waals surface area contributed by atoms with Gasteiger partial charge in [0.05, 0.1) is 5.56 Å². The summed E-state index contributed by atoms with van der Waals surface area (Å²) in [5, 5.41) is 20.3. The van der Waals surface area contributed by atoms with Crippen molar-refractivity contribution in [1.82, 2.24) is 0 Å². The normalized spacial score (nSPS) is 9.52. The van der Waals surface area contributed by atoms with Gasteiger partial charge in [0.15, 0.2) is 6.29 Å². The number of hydrogen-bond acceptors (Lipinski definition) is 3. The molecule has 1 aromatic rings. The molecule has 1 rings (SSSR count). The predicted molar refractivity (Wildman–Crippen MR) is 88.2 cm³/mol. The summed E-state index contributed by atoms with van der Waals surface area (Å²) in [7, 11) is 0. The topological polar surface area (TPSA) is 57.5 Å². The first-order chi connectivity index (χ1) is 9.36. The number of aromatic hydroxyl groups is 2. The maximum Gasteiger partial charge on any atom is 0.153 e. The van der Waals surface area contributed by atoms with Crippen LogP contribution in [0.3, 0.4) is 0 Å². The Bertz CT molecular complexity index is 558. The van der Waals surface area contributed by atoms with E-state index in [4.69, 9.17) is 0 Å². The molecule has 1 aromatic carbocycles. The molecule has 2 N–H and O–H groups in total. The fraction of sp³-hybridized carbons (Fsp3) is 0.389. The minimum atomic E-state index is -0.129. The van der Waals surface area contributed by atoms with Gasteiger partial charge in [-0.1, -0.05) is 30.7 Å². The molecule has 0 aliphatic heterocycles. The molecule has 0 atom stereocenters. The van der Waals surface area contributed by atoms with Gasteiger partial charge in [0.1, 0.15) is 11.5 Å². The van der Waals surface area contributed by atoms with Crippen molar-refractivity contribution in [3.05, 3.63) is 46.1 Å². The van der Waals surface area contributed by atoms with Crippen LogP contribution in [-0.4, -0.2) is 16.5 Å². The van der Waals surface area contributed by atoms with Crippen LogP contribution in [0.15, 0.2) is 29.4 Å². The molecule has 0 amide bonds.